The van der Waals surface area contributed by atoms with E-state index in [1.165, 1.54) is 36.2 Å². The number of ether oxygens (including phenoxy) is 1. The zero-order valence-electron chi connectivity index (χ0n) is 22.4. The van der Waals surface area contributed by atoms with E-state index in [1.54, 1.807) is 24.3 Å². The highest BCUT2D eigenvalue weighted by molar-refractivity contribution is 7.89. The summed E-state index contributed by atoms with van der Waals surface area (Å²) < 4.78 is 40.0. The van der Waals surface area contributed by atoms with Gasteiger partial charge >= 0.3 is 6.03 Å². The van der Waals surface area contributed by atoms with Gasteiger partial charge in [-0.2, -0.15) is 4.31 Å². The lowest BCUT2D eigenvalue weighted by molar-refractivity contribution is -0.133. The molecule has 13 heteroatoms. The Kier molecular flexibility index (Phi) is 9.15. The van der Waals surface area contributed by atoms with Crippen LogP contribution in [0.4, 0.5) is 4.79 Å². The van der Waals surface area contributed by atoms with Gasteiger partial charge in [0.1, 0.15) is 17.5 Å². The highest BCUT2D eigenvalue weighted by Gasteiger charge is 2.43. The zero-order valence-corrected chi connectivity index (χ0v) is 25.0. The van der Waals surface area contributed by atoms with Gasteiger partial charge in [0.05, 0.1) is 4.90 Å². The van der Waals surface area contributed by atoms with Crippen LogP contribution >= 0.6 is 11.6 Å². The van der Waals surface area contributed by atoms with Crippen molar-refractivity contribution in [1.82, 2.24) is 20.0 Å². The Morgan fingerprint density at radius 1 is 1.00 bits per heavy atom. The Hall–Kier alpha value is -2.64. The molecule has 208 valence electrons. The number of hydrogen-bond donors (Lipinski definition) is 2. The average molecular weight is 583 g/mol. The van der Waals surface area contributed by atoms with Crippen LogP contribution in [-0.2, 0) is 19.3 Å². The normalized spacial score (nSPS) is 17.1. The first-order chi connectivity index (χ1) is 17.7. The van der Waals surface area contributed by atoms with Crippen molar-refractivity contribution < 1.29 is 27.3 Å². The van der Waals surface area contributed by atoms with Gasteiger partial charge in [-0.25, -0.2) is 18.7 Å². The van der Waals surface area contributed by atoms with Crippen molar-refractivity contribution >= 4 is 41.9 Å². The summed E-state index contributed by atoms with van der Waals surface area (Å²) in [5, 5.41) is 2.92. The molecule has 1 atom stereocenters. The van der Waals surface area contributed by atoms with Crippen molar-refractivity contribution in [3.63, 3.8) is 0 Å². The molecular weight excluding hydrogens is 548 g/mol. The molecule has 1 unspecified atom stereocenters. The van der Waals surface area contributed by atoms with Crippen LogP contribution in [-0.4, -0.2) is 70.6 Å². The van der Waals surface area contributed by atoms with Crippen molar-refractivity contribution in [1.29, 1.82) is 0 Å². The first kappa shape index (κ1) is 29.9. The molecule has 38 heavy (non-hydrogen) atoms. The topological polar surface area (TPSA) is 117 Å². The summed E-state index contributed by atoms with van der Waals surface area (Å²) in [6.07, 6.45) is 0. The van der Waals surface area contributed by atoms with Crippen LogP contribution in [0.1, 0.15) is 20.8 Å². The second-order valence-corrected chi connectivity index (χ2v) is 17.5. The number of carbonyl (C=O) groups excluding carboxylic acids is 2. The van der Waals surface area contributed by atoms with Crippen LogP contribution in [0.2, 0.25) is 23.2 Å². The van der Waals surface area contributed by atoms with E-state index < -0.39 is 36.3 Å². The lowest BCUT2D eigenvalue weighted by Crippen LogP contribution is -2.63. The minimum atomic E-state index is -4.09. The Morgan fingerprint density at radius 3 is 2.08 bits per heavy atom. The summed E-state index contributed by atoms with van der Waals surface area (Å²) in [4.78, 5) is 27.0. The maximum Gasteiger partial charge on any atom is 0.317 e. The third-order valence-electron chi connectivity index (χ3n) is 6.83. The van der Waals surface area contributed by atoms with Crippen molar-refractivity contribution in [2.45, 2.75) is 49.8 Å². The number of hydroxylamine groups is 1. The van der Waals surface area contributed by atoms with Gasteiger partial charge in [-0.15, -0.1) is 0 Å². The fourth-order valence-electron chi connectivity index (χ4n) is 3.46. The van der Waals surface area contributed by atoms with Crippen LogP contribution in [0.15, 0.2) is 53.4 Å². The molecule has 0 aromatic heterocycles. The van der Waals surface area contributed by atoms with Gasteiger partial charge in [0, 0.05) is 31.7 Å². The molecule has 0 bridgehead atoms. The summed E-state index contributed by atoms with van der Waals surface area (Å²) in [5.41, 5.74) is 2.50. The Balaban J connectivity index is 1.83. The molecule has 2 aromatic rings. The number of sulfonamides is 1. The van der Waals surface area contributed by atoms with Gasteiger partial charge in [-0.1, -0.05) is 32.4 Å². The number of amides is 3. The van der Waals surface area contributed by atoms with E-state index in [1.807, 2.05) is 33.9 Å². The molecule has 3 amide bonds. The quantitative estimate of drug-likeness (QED) is 0.373. The minimum absolute atomic E-state index is 0.00235. The van der Waals surface area contributed by atoms with Gasteiger partial charge in [0.25, 0.3) is 5.91 Å². The summed E-state index contributed by atoms with van der Waals surface area (Å²) in [5.74, 6) is 0.358. The largest absolute Gasteiger partial charge is 0.457 e. The van der Waals surface area contributed by atoms with Crippen LogP contribution in [0.3, 0.4) is 0 Å². The molecule has 2 aromatic carbocycles. The fourth-order valence-corrected chi connectivity index (χ4v) is 5.82. The lowest BCUT2D eigenvalue weighted by atomic mass is 10.2. The Labute approximate surface area is 230 Å². The second-order valence-electron chi connectivity index (χ2n) is 10.5. The van der Waals surface area contributed by atoms with E-state index in [0.29, 0.717) is 16.5 Å². The summed E-state index contributed by atoms with van der Waals surface area (Å²) in [7, 11) is -4.98. The van der Waals surface area contributed by atoms with E-state index in [9.17, 15) is 18.0 Å². The van der Waals surface area contributed by atoms with Crippen molar-refractivity contribution in [3.05, 3.63) is 53.6 Å². The maximum atomic E-state index is 13.7. The predicted octanol–water partition coefficient (Wildman–Crippen LogP) is 4.20. The molecule has 0 saturated carbocycles. The molecule has 1 saturated heterocycles. The highest BCUT2D eigenvalue weighted by Crippen LogP contribution is 2.36. The number of carbonyl (C=O) groups is 2. The van der Waals surface area contributed by atoms with Crippen molar-refractivity contribution in [3.8, 4) is 11.5 Å². The maximum absolute atomic E-state index is 13.7. The van der Waals surface area contributed by atoms with Crippen molar-refractivity contribution in [2.24, 2.45) is 0 Å². The van der Waals surface area contributed by atoms with Gasteiger partial charge in [0.2, 0.25) is 18.3 Å². The number of nitrogens with one attached hydrogen (secondary N) is 2. The number of nitrogens with zero attached hydrogens (tertiary/aromatic N) is 2. The highest BCUT2D eigenvalue weighted by atomic mass is 35.5. The monoisotopic (exact) mass is 582 g/mol. The van der Waals surface area contributed by atoms with Crippen LogP contribution in [0.25, 0.3) is 0 Å². The van der Waals surface area contributed by atoms with Gasteiger partial charge in [0.15, 0.2) is 0 Å². The molecule has 0 radical (unpaired) electrons. The summed E-state index contributed by atoms with van der Waals surface area (Å²) in [6, 6.07) is 11.1. The fraction of sp³-hybridized carbons (Fsp3) is 0.440. The number of urea groups is 1. The molecule has 1 heterocycles. The minimum Gasteiger partial charge on any atom is -0.457 e. The van der Waals surface area contributed by atoms with Crippen LogP contribution < -0.4 is 15.5 Å². The van der Waals surface area contributed by atoms with Gasteiger partial charge < -0.3 is 19.5 Å². The van der Waals surface area contributed by atoms with E-state index in [4.69, 9.17) is 20.9 Å². The van der Waals surface area contributed by atoms with Crippen LogP contribution in [0.5, 0.6) is 11.5 Å². The Bertz CT molecular complexity index is 1250. The van der Waals surface area contributed by atoms with E-state index >= 15 is 0 Å². The predicted molar refractivity (Wildman–Crippen MR) is 148 cm³/mol. The first-order valence-electron chi connectivity index (χ1n) is 12.2. The molecule has 10 nitrogen and oxygen atoms in total. The van der Waals surface area contributed by atoms with Gasteiger partial charge in [-0.05, 0) is 66.7 Å². The van der Waals surface area contributed by atoms with E-state index in [-0.39, 0.29) is 29.6 Å². The molecule has 0 aliphatic carbocycles. The molecule has 1 fully saturated rings. The average Bonchev–Trinajstić information content (AvgIpc) is 2.87. The van der Waals surface area contributed by atoms with E-state index in [2.05, 4.69) is 10.8 Å². The standard InChI is InChI=1S/C25H35ClN4O6SSi/c1-25(2,3)38(5,6)36-28-23(31)22-17-29(24(32)27-4)15-16-30(22)37(33,34)21-13-11-20(12-14-21)35-19-9-7-18(26)8-10-19/h7-14,22H,15-17H2,1-6H3,(H,27,32)(H,28,31). The molecule has 3 rings (SSSR count). The first-order valence-corrected chi connectivity index (χ1v) is 16.9. The molecule has 2 N–H and O–H groups in total. The number of benzene rings is 2. The molecule has 1 aliphatic heterocycles. The number of rotatable bonds is 7. The number of halogens is 1. The second kappa shape index (κ2) is 11.6. The smallest absolute Gasteiger partial charge is 0.317 e. The SMILES string of the molecule is CNC(=O)N1CCN(S(=O)(=O)c2ccc(Oc3ccc(Cl)cc3)cc2)C(C(=O)NO[Si](C)(C)C(C)(C)C)C1. The third kappa shape index (κ3) is 6.86. The third-order valence-corrected chi connectivity index (χ3v) is 13.2. The van der Waals surface area contributed by atoms with Gasteiger partial charge in [-0.3, -0.25) is 4.79 Å². The molecular formula is C25H35ClN4O6SSi. The summed E-state index contributed by atoms with van der Waals surface area (Å²) >= 11 is 5.90. The molecule has 0 spiro atoms. The summed E-state index contributed by atoms with van der Waals surface area (Å²) in [6.45, 7) is 9.95. The van der Waals surface area contributed by atoms with E-state index in [0.717, 1.165) is 4.31 Å². The Morgan fingerprint density at radius 2 is 1.55 bits per heavy atom. The number of piperazine rings is 1. The van der Waals surface area contributed by atoms with Crippen molar-refractivity contribution in [2.75, 3.05) is 26.7 Å². The lowest BCUT2D eigenvalue weighted by Gasteiger charge is -2.40. The molecule has 1 aliphatic rings. The zero-order chi connectivity index (χ0) is 28.3. The van der Waals surface area contributed by atoms with Crippen LogP contribution in [0, 0.1) is 0 Å². The number of hydrogen-bond acceptors (Lipinski definition) is 6.